The largest absolute Gasteiger partial charge is 0.504 e. The normalized spacial score (nSPS) is 29.9. The minimum Gasteiger partial charge on any atom is -0.504 e. The number of benzene rings is 1. The second kappa shape index (κ2) is 4.62. The van der Waals surface area contributed by atoms with Gasteiger partial charge in [-0.2, -0.15) is 0 Å². The standard InChI is InChI=1S/C12H13NO4.ClH/c13-12(17)6-2-1-5-11(12,16)8-3-4-9(14)10(15)7-8;/h1-7,14-17H,13H2;1H. The first kappa shape index (κ1) is 14.5. The number of nitrogens with two attached hydrogens (primary N) is 1. The molecule has 6 heteroatoms. The molecule has 0 fully saturated rings. The summed E-state index contributed by atoms with van der Waals surface area (Å²) >= 11 is 0. The highest BCUT2D eigenvalue weighted by molar-refractivity contribution is 5.85. The highest BCUT2D eigenvalue weighted by atomic mass is 35.5. The minimum absolute atomic E-state index is 0. The predicted molar refractivity (Wildman–Crippen MR) is 68.3 cm³/mol. The third kappa shape index (κ3) is 2.09. The summed E-state index contributed by atoms with van der Waals surface area (Å²) in [4.78, 5) is 0. The highest BCUT2D eigenvalue weighted by Crippen LogP contribution is 2.38. The van der Waals surface area contributed by atoms with Crippen LogP contribution in [-0.4, -0.2) is 26.2 Å². The molecule has 0 saturated carbocycles. The third-order valence-corrected chi connectivity index (χ3v) is 2.82. The predicted octanol–water partition coefficient (Wildman–Crippen LogP) is 0.480. The monoisotopic (exact) mass is 271 g/mol. The average molecular weight is 272 g/mol. The van der Waals surface area contributed by atoms with Crippen LogP contribution < -0.4 is 5.73 Å². The van der Waals surface area contributed by atoms with Gasteiger partial charge in [-0.25, -0.2) is 0 Å². The van der Waals surface area contributed by atoms with Crippen LogP contribution in [-0.2, 0) is 5.60 Å². The first-order valence-corrected chi connectivity index (χ1v) is 5.00. The Morgan fingerprint density at radius 1 is 0.944 bits per heavy atom. The van der Waals surface area contributed by atoms with Crippen LogP contribution in [0.5, 0.6) is 11.5 Å². The molecule has 2 rings (SSSR count). The number of rotatable bonds is 1. The summed E-state index contributed by atoms with van der Waals surface area (Å²) in [6.45, 7) is 0. The first-order chi connectivity index (χ1) is 7.87. The summed E-state index contributed by atoms with van der Waals surface area (Å²) in [5, 5.41) is 38.9. The molecule has 0 aromatic heterocycles. The molecule has 1 aliphatic carbocycles. The van der Waals surface area contributed by atoms with Crippen LogP contribution in [0.25, 0.3) is 0 Å². The van der Waals surface area contributed by atoms with Crippen molar-refractivity contribution in [3.05, 3.63) is 48.1 Å². The van der Waals surface area contributed by atoms with E-state index in [4.69, 9.17) is 5.73 Å². The molecule has 0 heterocycles. The molecule has 6 N–H and O–H groups in total. The van der Waals surface area contributed by atoms with Crippen LogP contribution in [0.2, 0.25) is 0 Å². The second-order valence-electron chi connectivity index (χ2n) is 4.01. The number of phenols is 2. The number of halogens is 1. The lowest BCUT2D eigenvalue weighted by Crippen LogP contribution is -2.57. The van der Waals surface area contributed by atoms with Crippen molar-refractivity contribution in [3.8, 4) is 11.5 Å². The van der Waals surface area contributed by atoms with Crippen molar-refractivity contribution in [1.82, 2.24) is 0 Å². The molecule has 0 aliphatic heterocycles. The molecular formula is C12H14ClNO4. The molecule has 0 amide bonds. The summed E-state index contributed by atoms with van der Waals surface area (Å²) < 4.78 is 0. The van der Waals surface area contributed by atoms with Crippen LogP contribution in [0.1, 0.15) is 5.56 Å². The van der Waals surface area contributed by atoms with Gasteiger partial charge >= 0.3 is 0 Å². The van der Waals surface area contributed by atoms with Gasteiger partial charge in [-0.15, -0.1) is 12.4 Å². The van der Waals surface area contributed by atoms with E-state index in [1.807, 2.05) is 0 Å². The molecule has 5 nitrogen and oxygen atoms in total. The van der Waals surface area contributed by atoms with E-state index in [0.717, 1.165) is 6.07 Å². The summed E-state index contributed by atoms with van der Waals surface area (Å²) in [6.07, 6.45) is 5.61. The van der Waals surface area contributed by atoms with Crippen LogP contribution >= 0.6 is 12.4 Å². The quantitative estimate of drug-likeness (QED) is 0.377. The van der Waals surface area contributed by atoms with Gasteiger partial charge in [0.25, 0.3) is 0 Å². The number of aliphatic hydroxyl groups is 2. The van der Waals surface area contributed by atoms with Crippen molar-refractivity contribution in [2.75, 3.05) is 0 Å². The Labute approximate surface area is 110 Å². The van der Waals surface area contributed by atoms with Crippen molar-refractivity contribution in [2.45, 2.75) is 11.3 Å². The van der Waals surface area contributed by atoms with Crippen LogP contribution in [0, 0.1) is 0 Å². The molecule has 1 aromatic carbocycles. The molecule has 2 unspecified atom stereocenters. The molecule has 2 atom stereocenters. The molecule has 1 aliphatic rings. The fourth-order valence-corrected chi connectivity index (χ4v) is 1.75. The zero-order valence-electron chi connectivity index (χ0n) is 9.32. The summed E-state index contributed by atoms with van der Waals surface area (Å²) in [7, 11) is 0. The van der Waals surface area contributed by atoms with Crippen molar-refractivity contribution < 1.29 is 20.4 Å². The van der Waals surface area contributed by atoms with E-state index in [1.165, 1.54) is 36.4 Å². The highest BCUT2D eigenvalue weighted by Gasteiger charge is 2.45. The smallest absolute Gasteiger partial charge is 0.170 e. The zero-order chi connectivity index (χ0) is 12.7. The number of hydrogen-bond donors (Lipinski definition) is 5. The topological polar surface area (TPSA) is 107 Å². The van der Waals surface area contributed by atoms with Gasteiger partial charge in [0, 0.05) is 0 Å². The molecule has 0 spiro atoms. The summed E-state index contributed by atoms with van der Waals surface area (Å²) in [5.41, 5.74) is 1.94. The van der Waals surface area contributed by atoms with Gasteiger partial charge in [0.15, 0.2) is 22.8 Å². The number of aromatic hydroxyl groups is 2. The fourth-order valence-electron chi connectivity index (χ4n) is 1.75. The van der Waals surface area contributed by atoms with Crippen LogP contribution in [0.3, 0.4) is 0 Å². The maximum Gasteiger partial charge on any atom is 0.170 e. The van der Waals surface area contributed by atoms with Crippen molar-refractivity contribution in [1.29, 1.82) is 0 Å². The zero-order valence-corrected chi connectivity index (χ0v) is 10.1. The van der Waals surface area contributed by atoms with Gasteiger partial charge in [-0.3, -0.25) is 5.73 Å². The maximum atomic E-state index is 10.4. The molecule has 0 bridgehead atoms. The van der Waals surface area contributed by atoms with Gasteiger partial charge in [0.05, 0.1) is 0 Å². The molecule has 18 heavy (non-hydrogen) atoms. The lowest BCUT2D eigenvalue weighted by molar-refractivity contribution is -0.0949. The van der Waals surface area contributed by atoms with Crippen LogP contribution in [0.4, 0.5) is 0 Å². The van der Waals surface area contributed by atoms with E-state index in [9.17, 15) is 20.4 Å². The van der Waals surface area contributed by atoms with E-state index in [1.54, 1.807) is 0 Å². The second-order valence-corrected chi connectivity index (χ2v) is 4.01. The Balaban J connectivity index is 0.00000162. The third-order valence-electron chi connectivity index (χ3n) is 2.82. The van der Waals surface area contributed by atoms with Gasteiger partial charge < -0.3 is 20.4 Å². The SMILES string of the molecule is Cl.NC1(O)C=CC=CC1(O)c1ccc(O)c(O)c1. The Morgan fingerprint density at radius 3 is 2.11 bits per heavy atom. The Hall–Kier alpha value is -1.53. The van der Waals surface area contributed by atoms with E-state index in [0.29, 0.717) is 0 Å². The van der Waals surface area contributed by atoms with Crippen molar-refractivity contribution in [3.63, 3.8) is 0 Å². The summed E-state index contributed by atoms with van der Waals surface area (Å²) in [6, 6.07) is 3.73. The Bertz CT molecular complexity index is 513. The van der Waals surface area contributed by atoms with Crippen molar-refractivity contribution in [2.24, 2.45) is 5.73 Å². The molecule has 0 saturated heterocycles. The Morgan fingerprint density at radius 2 is 1.56 bits per heavy atom. The number of phenolic OH excluding ortho intramolecular Hbond substituents is 2. The minimum atomic E-state index is -1.98. The molecule has 98 valence electrons. The fraction of sp³-hybridized carbons (Fsp3) is 0.167. The van der Waals surface area contributed by atoms with Crippen molar-refractivity contribution >= 4 is 12.4 Å². The lowest BCUT2D eigenvalue weighted by Gasteiger charge is -2.38. The molecule has 0 radical (unpaired) electrons. The maximum absolute atomic E-state index is 10.4. The molecular weight excluding hydrogens is 258 g/mol. The lowest BCUT2D eigenvalue weighted by atomic mass is 9.80. The summed E-state index contributed by atoms with van der Waals surface area (Å²) in [5.74, 6) is -0.706. The number of hydrogen-bond acceptors (Lipinski definition) is 5. The van der Waals surface area contributed by atoms with Gasteiger partial charge in [-0.1, -0.05) is 18.2 Å². The van der Waals surface area contributed by atoms with E-state index in [2.05, 4.69) is 0 Å². The van der Waals surface area contributed by atoms with Gasteiger partial charge in [-0.05, 0) is 29.8 Å². The van der Waals surface area contributed by atoms with E-state index in [-0.39, 0.29) is 23.7 Å². The van der Waals surface area contributed by atoms with Gasteiger partial charge in [0.1, 0.15) is 0 Å². The van der Waals surface area contributed by atoms with Gasteiger partial charge in [0.2, 0.25) is 0 Å². The Kier molecular flexibility index (Phi) is 3.73. The van der Waals surface area contributed by atoms with E-state index < -0.39 is 17.1 Å². The molecule has 1 aromatic rings. The number of allylic oxidation sites excluding steroid dienone is 2. The van der Waals surface area contributed by atoms with Crippen LogP contribution in [0.15, 0.2) is 42.5 Å². The average Bonchev–Trinajstić information content (AvgIpc) is 2.26. The first-order valence-electron chi connectivity index (χ1n) is 5.00. The van der Waals surface area contributed by atoms with E-state index >= 15 is 0 Å².